The van der Waals surface area contributed by atoms with E-state index in [4.69, 9.17) is 0 Å². The molecular weight excluding hydrogens is 244 g/mol. The summed E-state index contributed by atoms with van der Waals surface area (Å²) in [6.45, 7) is 1.54. The van der Waals surface area contributed by atoms with Gasteiger partial charge in [0.2, 0.25) is 0 Å². The van der Waals surface area contributed by atoms with Gasteiger partial charge in [0.15, 0.2) is 5.78 Å². The molecule has 0 N–H and O–H groups in total. The van der Waals surface area contributed by atoms with E-state index in [2.05, 4.69) is 9.63 Å². The smallest absolute Gasteiger partial charge is 0.159 e. The van der Waals surface area contributed by atoms with Crippen LogP contribution in [0.2, 0.25) is 0 Å². The molecule has 0 saturated heterocycles. The number of carbonyl (C=O) groups is 1. The zero-order chi connectivity index (χ0) is 12.8. The van der Waals surface area contributed by atoms with E-state index in [0.717, 1.165) is 10.6 Å². The predicted octanol–water partition coefficient (Wildman–Crippen LogP) is 4.68. The van der Waals surface area contributed by atoms with Crippen molar-refractivity contribution in [3.8, 4) is 0 Å². The van der Waals surface area contributed by atoms with Crippen molar-refractivity contribution in [3.63, 3.8) is 0 Å². The molecule has 2 aromatic rings. The van der Waals surface area contributed by atoms with Crippen molar-refractivity contribution in [1.29, 1.82) is 0 Å². The Hall–Kier alpha value is -1.94. The summed E-state index contributed by atoms with van der Waals surface area (Å²) in [4.78, 5) is 12.1. The fourth-order valence-electron chi connectivity index (χ4n) is 1.36. The van der Waals surface area contributed by atoms with Gasteiger partial charge in [0.05, 0.1) is 5.69 Å². The van der Waals surface area contributed by atoms with Crippen LogP contribution in [0.3, 0.4) is 0 Å². The molecule has 0 bridgehead atoms. The van der Waals surface area contributed by atoms with E-state index in [-0.39, 0.29) is 5.78 Å². The maximum Gasteiger partial charge on any atom is 0.159 e. The van der Waals surface area contributed by atoms with Crippen molar-refractivity contribution >= 4 is 23.4 Å². The van der Waals surface area contributed by atoms with E-state index in [1.54, 1.807) is 31.2 Å². The molecule has 0 spiro atoms. The van der Waals surface area contributed by atoms with Crippen LogP contribution in [0, 0.1) is 0 Å². The first-order valence-electron chi connectivity index (χ1n) is 5.50. The summed E-state index contributed by atoms with van der Waals surface area (Å²) in [7, 11) is 0. The Morgan fingerprint density at radius 1 is 1.00 bits per heavy atom. The lowest BCUT2D eigenvalue weighted by Crippen LogP contribution is -1.89. The van der Waals surface area contributed by atoms with Crippen LogP contribution in [0.1, 0.15) is 17.3 Å². The minimum absolute atomic E-state index is 0.0529. The van der Waals surface area contributed by atoms with Crippen molar-refractivity contribution in [2.75, 3.05) is 0 Å². The van der Waals surface area contributed by atoms with Gasteiger partial charge in [0.25, 0.3) is 0 Å². The Bertz CT molecular complexity index is 550. The first kappa shape index (κ1) is 12.5. The Labute approximate surface area is 110 Å². The van der Waals surface area contributed by atoms with Crippen LogP contribution in [-0.4, -0.2) is 5.78 Å². The standard InChI is InChI=1S/C14H12N2OS/c1-11(17)12-7-9-13(10-8-12)15-16-18-14-5-3-2-4-6-14/h2-10H,1H3. The zero-order valence-electron chi connectivity index (χ0n) is 9.91. The summed E-state index contributed by atoms with van der Waals surface area (Å²) in [5, 5.41) is 4.08. The van der Waals surface area contributed by atoms with Crippen LogP contribution >= 0.6 is 11.9 Å². The van der Waals surface area contributed by atoms with Crippen molar-refractivity contribution in [2.45, 2.75) is 11.8 Å². The largest absolute Gasteiger partial charge is 0.295 e. The van der Waals surface area contributed by atoms with Crippen LogP contribution in [0.5, 0.6) is 0 Å². The number of Topliss-reactive ketones (excluding diaryl/α,β-unsaturated/α-hetero) is 1. The Kier molecular flexibility index (Phi) is 4.25. The van der Waals surface area contributed by atoms with Gasteiger partial charge in [0, 0.05) is 22.4 Å². The molecule has 3 nitrogen and oxygen atoms in total. The van der Waals surface area contributed by atoms with Crippen molar-refractivity contribution in [2.24, 2.45) is 9.63 Å². The molecule has 90 valence electrons. The third-order valence-corrected chi connectivity index (χ3v) is 2.97. The highest BCUT2D eigenvalue weighted by molar-refractivity contribution is 7.97. The third-order valence-electron chi connectivity index (χ3n) is 2.32. The fraction of sp³-hybridized carbons (Fsp3) is 0.0714. The van der Waals surface area contributed by atoms with Crippen molar-refractivity contribution in [3.05, 3.63) is 60.2 Å². The van der Waals surface area contributed by atoms with Gasteiger partial charge in [-0.25, -0.2) is 0 Å². The Morgan fingerprint density at radius 3 is 2.28 bits per heavy atom. The maximum absolute atomic E-state index is 11.1. The summed E-state index contributed by atoms with van der Waals surface area (Å²) in [5.41, 5.74) is 1.42. The molecule has 0 saturated carbocycles. The molecule has 0 fully saturated rings. The Balaban J connectivity index is 1.99. The van der Waals surface area contributed by atoms with E-state index in [1.807, 2.05) is 30.3 Å². The van der Waals surface area contributed by atoms with E-state index >= 15 is 0 Å². The van der Waals surface area contributed by atoms with Crippen molar-refractivity contribution in [1.82, 2.24) is 0 Å². The molecule has 0 heterocycles. The van der Waals surface area contributed by atoms with E-state index in [9.17, 15) is 4.79 Å². The number of hydrogen-bond donors (Lipinski definition) is 0. The number of ketones is 1. The number of nitrogens with zero attached hydrogens (tertiary/aromatic N) is 2. The molecule has 0 unspecified atom stereocenters. The van der Waals surface area contributed by atoms with Crippen LogP contribution in [0.25, 0.3) is 0 Å². The number of benzene rings is 2. The molecule has 0 radical (unpaired) electrons. The SMILES string of the molecule is CC(=O)c1ccc(N=NSc2ccccc2)cc1. The molecular formula is C14H12N2OS. The maximum atomic E-state index is 11.1. The lowest BCUT2D eigenvalue weighted by Gasteiger charge is -1.96. The average Bonchev–Trinajstić information content (AvgIpc) is 2.40. The summed E-state index contributed by atoms with van der Waals surface area (Å²) in [6.07, 6.45) is 0. The van der Waals surface area contributed by atoms with E-state index < -0.39 is 0 Å². The molecule has 0 amide bonds. The molecule has 0 aliphatic rings. The van der Waals surface area contributed by atoms with Crippen LogP contribution in [0.15, 0.2) is 69.1 Å². The van der Waals surface area contributed by atoms with Crippen LogP contribution in [-0.2, 0) is 0 Å². The quantitative estimate of drug-likeness (QED) is 0.453. The highest BCUT2D eigenvalue weighted by Crippen LogP contribution is 2.22. The number of hydrogen-bond acceptors (Lipinski definition) is 4. The summed E-state index contributed by atoms with van der Waals surface area (Å²) in [5.74, 6) is 0.0529. The molecule has 18 heavy (non-hydrogen) atoms. The molecule has 0 atom stereocenters. The van der Waals surface area contributed by atoms with Gasteiger partial charge in [-0.1, -0.05) is 18.2 Å². The summed E-state index contributed by atoms with van der Waals surface area (Å²) >= 11 is 1.32. The molecule has 0 aromatic heterocycles. The zero-order valence-corrected chi connectivity index (χ0v) is 10.7. The molecule has 4 heteroatoms. The highest BCUT2D eigenvalue weighted by Gasteiger charge is 1.97. The van der Waals surface area contributed by atoms with Gasteiger partial charge >= 0.3 is 0 Å². The summed E-state index contributed by atoms with van der Waals surface area (Å²) in [6, 6.07) is 16.9. The fourth-order valence-corrected chi connectivity index (χ4v) is 1.87. The topological polar surface area (TPSA) is 41.8 Å². The molecule has 0 aliphatic heterocycles. The molecule has 0 aliphatic carbocycles. The average molecular weight is 256 g/mol. The normalized spacial score (nSPS) is 10.7. The second-order valence-corrected chi connectivity index (χ2v) is 4.51. The van der Waals surface area contributed by atoms with Gasteiger partial charge in [-0.05, 0) is 43.3 Å². The second kappa shape index (κ2) is 6.12. The second-order valence-electron chi connectivity index (χ2n) is 3.69. The number of carbonyl (C=O) groups excluding carboxylic acids is 1. The van der Waals surface area contributed by atoms with E-state index in [0.29, 0.717) is 5.56 Å². The van der Waals surface area contributed by atoms with E-state index in [1.165, 1.54) is 11.9 Å². The first-order chi connectivity index (χ1) is 8.75. The number of rotatable bonds is 4. The van der Waals surface area contributed by atoms with Gasteiger partial charge in [0.1, 0.15) is 0 Å². The van der Waals surface area contributed by atoms with Crippen LogP contribution in [0.4, 0.5) is 5.69 Å². The third kappa shape index (κ3) is 3.53. The van der Waals surface area contributed by atoms with Gasteiger partial charge < -0.3 is 0 Å². The monoisotopic (exact) mass is 256 g/mol. The molecule has 2 rings (SSSR count). The van der Waals surface area contributed by atoms with Gasteiger partial charge in [-0.15, -0.1) is 9.63 Å². The Morgan fingerprint density at radius 2 is 1.67 bits per heavy atom. The summed E-state index contributed by atoms with van der Waals surface area (Å²) < 4.78 is 4.04. The van der Waals surface area contributed by atoms with Gasteiger partial charge in [-0.2, -0.15) is 0 Å². The van der Waals surface area contributed by atoms with Gasteiger partial charge in [-0.3, -0.25) is 4.79 Å². The minimum atomic E-state index is 0.0529. The lowest BCUT2D eigenvalue weighted by atomic mass is 10.1. The van der Waals surface area contributed by atoms with Crippen LogP contribution < -0.4 is 0 Å². The minimum Gasteiger partial charge on any atom is -0.295 e. The molecule has 2 aromatic carbocycles. The lowest BCUT2D eigenvalue weighted by molar-refractivity contribution is 0.101. The highest BCUT2D eigenvalue weighted by atomic mass is 32.2. The van der Waals surface area contributed by atoms with Crippen molar-refractivity contribution < 1.29 is 4.79 Å². The first-order valence-corrected chi connectivity index (χ1v) is 6.27. The predicted molar refractivity (Wildman–Crippen MR) is 73.3 cm³/mol.